The summed E-state index contributed by atoms with van der Waals surface area (Å²) in [5.74, 6) is -0.612. The van der Waals surface area contributed by atoms with E-state index >= 15 is 0 Å². The highest BCUT2D eigenvalue weighted by Crippen LogP contribution is 2.07. The molecule has 1 heterocycles. The van der Waals surface area contributed by atoms with Gasteiger partial charge in [-0.1, -0.05) is 29.8 Å². The van der Waals surface area contributed by atoms with Gasteiger partial charge in [0.05, 0.1) is 20.3 Å². The molecule has 6 heteroatoms. The number of carbonyl (C=O) groups excluding carboxylic acids is 2. The zero-order chi connectivity index (χ0) is 18.1. The number of hydrogen-bond donors (Lipinski definition) is 0. The quantitative estimate of drug-likeness (QED) is 0.551. The third-order valence-corrected chi connectivity index (χ3v) is 4.11. The first-order chi connectivity index (χ1) is 12.1. The summed E-state index contributed by atoms with van der Waals surface area (Å²) in [4.78, 5) is 27.9. The molecule has 1 aromatic carbocycles. The van der Waals surface area contributed by atoms with E-state index in [1.54, 1.807) is 6.08 Å². The van der Waals surface area contributed by atoms with Gasteiger partial charge in [-0.25, -0.2) is 0 Å². The van der Waals surface area contributed by atoms with Crippen LogP contribution in [0.5, 0.6) is 0 Å². The molecule has 0 bridgehead atoms. The van der Waals surface area contributed by atoms with Gasteiger partial charge in [-0.05, 0) is 18.6 Å². The van der Waals surface area contributed by atoms with Gasteiger partial charge in [-0.3, -0.25) is 14.5 Å². The van der Waals surface area contributed by atoms with Gasteiger partial charge in [-0.15, -0.1) is 0 Å². The molecule has 1 amide bonds. The van der Waals surface area contributed by atoms with Crippen molar-refractivity contribution in [2.45, 2.75) is 6.92 Å². The normalized spacial score (nSPS) is 15.3. The van der Waals surface area contributed by atoms with Crippen molar-refractivity contribution in [2.24, 2.45) is 0 Å². The van der Waals surface area contributed by atoms with E-state index in [0.717, 1.165) is 24.2 Å². The SMILES string of the molecule is COC(=O)CN(CCN1CCOCC1)C(=O)C=Cc1cccc(C)c1. The molecule has 1 fully saturated rings. The van der Waals surface area contributed by atoms with E-state index in [1.165, 1.54) is 18.1 Å². The van der Waals surface area contributed by atoms with Crippen molar-refractivity contribution in [3.05, 3.63) is 41.5 Å². The first-order valence-corrected chi connectivity index (χ1v) is 8.49. The topological polar surface area (TPSA) is 59.1 Å². The highest BCUT2D eigenvalue weighted by molar-refractivity contribution is 5.93. The third-order valence-electron chi connectivity index (χ3n) is 4.11. The second-order valence-corrected chi connectivity index (χ2v) is 6.04. The molecule has 0 N–H and O–H groups in total. The van der Waals surface area contributed by atoms with Crippen molar-refractivity contribution in [1.82, 2.24) is 9.80 Å². The van der Waals surface area contributed by atoms with E-state index in [1.807, 2.05) is 31.2 Å². The van der Waals surface area contributed by atoms with Crippen molar-refractivity contribution < 1.29 is 19.1 Å². The summed E-state index contributed by atoms with van der Waals surface area (Å²) in [7, 11) is 1.33. The van der Waals surface area contributed by atoms with Crippen LogP contribution >= 0.6 is 0 Å². The fourth-order valence-corrected chi connectivity index (χ4v) is 2.62. The lowest BCUT2D eigenvalue weighted by molar-refractivity contribution is -0.145. The molecule has 1 saturated heterocycles. The number of morpholine rings is 1. The first kappa shape index (κ1) is 19.1. The van der Waals surface area contributed by atoms with Gasteiger partial charge >= 0.3 is 5.97 Å². The van der Waals surface area contributed by atoms with Gasteiger partial charge in [0.25, 0.3) is 0 Å². The van der Waals surface area contributed by atoms with E-state index < -0.39 is 5.97 Å². The number of nitrogens with zero attached hydrogens (tertiary/aromatic N) is 2. The Morgan fingerprint density at radius 1 is 1.32 bits per heavy atom. The first-order valence-electron chi connectivity index (χ1n) is 8.49. The molecule has 0 aromatic heterocycles. The highest BCUT2D eigenvalue weighted by Gasteiger charge is 2.18. The Morgan fingerprint density at radius 3 is 2.76 bits per heavy atom. The Balaban J connectivity index is 1.97. The maximum atomic E-state index is 12.5. The maximum absolute atomic E-state index is 12.5. The van der Waals surface area contributed by atoms with Crippen molar-refractivity contribution in [2.75, 3.05) is 53.0 Å². The number of esters is 1. The van der Waals surface area contributed by atoms with E-state index in [2.05, 4.69) is 4.90 Å². The molecule has 1 aliphatic rings. The number of carbonyl (C=O) groups is 2. The van der Waals surface area contributed by atoms with Crippen LogP contribution in [0.3, 0.4) is 0 Å². The Morgan fingerprint density at radius 2 is 2.08 bits per heavy atom. The van der Waals surface area contributed by atoms with Crippen molar-refractivity contribution in [3.63, 3.8) is 0 Å². The number of hydrogen-bond acceptors (Lipinski definition) is 5. The molecule has 0 unspecified atom stereocenters. The van der Waals surface area contributed by atoms with Crippen LogP contribution in [0.2, 0.25) is 0 Å². The van der Waals surface area contributed by atoms with E-state index in [9.17, 15) is 9.59 Å². The molecule has 2 rings (SSSR count). The fraction of sp³-hybridized carbons (Fsp3) is 0.474. The van der Waals surface area contributed by atoms with Crippen LogP contribution in [0.15, 0.2) is 30.3 Å². The summed E-state index contributed by atoms with van der Waals surface area (Å²) in [6, 6.07) is 7.90. The van der Waals surface area contributed by atoms with Gasteiger partial charge in [0.1, 0.15) is 6.54 Å². The molecule has 0 radical (unpaired) electrons. The van der Waals surface area contributed by atoms with E-state index in [4.69, 9.17) is 9.47 Å². The number of amides is 1. The second-order valence-electron chi connectivity index (χ2n) is 6.04. The summed E-state index contributed by atoms with van der Waals surface area (Å²) >= 11 is 0. The molecular weight excluding hydrogens is 320 g/mol. The standard InChI is InChI=1S/C19H26N2O4/c1-16-4-3-5-17(14-16)6-7-18(22)21(15-19(23)24-2)9-8-20-10-12-25-13-11-20/h3-7,14H,8-13,15H2,1-2H3. The Labute approximate surface area is 149 Å². The minimum atomic E-state index is -0.417. The van der Waals surface area contributed by atoms with Crippen molar-refractivity contribution in [1.29, 1.82) is 0 Å². The molecule has 0 spiro atoms. The van der Waals surface area contributed by atoms with Crippen LogP contribution in [-0.2, 0) is 19.1 Å². The smallest absolute Gasteiger partial charge is 0.325 e. The summed E-state index contributed by atoms with van der Waals surface area (Å²) in [6.07, 6.45) is 3.28. The number of rotatable bonds is 7. The zero-order valence-corrected chi connectivity index (χ0v) is 14.9. The van der Waals surface area contributed by atoms with Gasteiger partial charge in [0.15, 0.2) is 0 Å². The molecule has 0 atom stereocenters. The largest absolute Gasteiger partial charge is 0.468 e. The van der Waals surface area contributed by atoms with E-state index in [0.29, 0.717) is 26.3 Å². The molecule has 0 aliphatic carbocycles. The lowest BCUT2D eigenvalue weighted by Gasteiger charge is -2.29. The number of aryl methyl sites for hydroxylation is 1. The monoisotopic (exact) mass is 346 g/mol. The number of methoxy groups -OCH3 is 1. The van der Waals surface area contributed by atoms with Crippen LogP contribution in [-0.4, -0.2) is 74.7 Å². The predicted octanol–water partition coefficient (Wildman–Crippen LogP) is 1.34. The second kappa shape index (κ2) is 9.96. The maximum Gasteiger partial charge on any atom is 0.325 e. The van der Waals surface area contributed by atoms with Crippen LogP contribution in [0.1, 0.15) is 11.1 Å². The molecule has 25 heavy (non-hydrogen) atoms. The summed E-state index contributed by atoms with van der Waals surface area (Å²) < 4.78 is 10.0. The third kappa shape index (κ3) is 6.68. The van der Waals surface area contributed by atoms with Gasteiger partial charge in [0, 0.05) is 32.3 Å². The highest BCUT2D eigenvalue weighted by atomic mass is 16.5. The number of ether oxygens (including phenoxy) is 2. The fourth-order valence-electron chi connectivity index (χ4n) is 2.62. The average molecular weight is 346 g/mol. The Kier molecular flexibility index (Phi) is 7.63. The summed E-state index contributed by atoms with van der Waals surface area (Å²) in [5.41, 5.74) is 2.09. The molecular formula is C19H26N2O4. The Hall–Kier alpha value is -2.18. The van der Waals surface area contributed by atoms with Crippen LogP contribution in [0.4, 0.5) is 0 Å². The van der Waals surface area contributed by atoms with Gasteiger partial charge in [-0.2, -0.15) is 0 Å². The summed E-state index contributed by atoms with van der Waals surface area (Å²) in [5, 5.41) is 0. The molecule has 0 saturated carbocycles. The lowest BCUT2D eigenvalue weighted by atomic mass is 10.1. The molecule has 1 aromatic rings. The summed E-state index contributed by atoms with van der Waals surface area (Å²) in [6.45, 7) is 6.26. The lowest BCUT2D eigenvalue weighted by Crippen LogP contribution is -2.44. The van der Waals surface area contributed by atoms with Gasteiger partial charge < -0.3 is 14.4 Å². The van der Waals surface area contributed by atoms with Crippen molar-refractivity contribution >= 4 is 18.0 Å². The van der Waals surface area contributed by atoms with Gasteiger partial charge in [0.2, 0.25) is 5.91 Å². The predicted molar refractivity (Wildman–Crippen MR) is 96.1 cm³/mol. The molecule has 6 nitrogen and oxygen atoms in total. The Bertz CT molecular complexity index is 609. The minimum Gasteiger partial charge on any atom is -0.468 e. The van der Waals surface area contributed by atoms with Crippen molar-refractivity contribution in [3.8, 4) is 0 Å². The molecule has 136 valence electrons. The molecule has 1 aliphatic heterocycles. The minimum absolute atomic E-state index is 0.0438. The van der Waals surface area contributed by atoms with Crippen LogP contribution < -0.4 is 0 Å². The van der Waals surface area contributed by atoms with Crippen LogP contribution in [0.25, 0.3) is 6.08 Å². The number of benzene rings is 1. The average Bonchev–Trinajstić information content (AvgIpc) is 2.63. The van der Waals surface area contributed by atoms with Crippen LogP contribution in [0, 0.1) is 6.92 Å². The zero-order valence-electron chi connectivity index (χ0n) is 14.9. The van der Waals surface area contributed by atoms with E-state index in [-0.39, 0.29) is 12.5 Å².